The van der Waals surface area contributed by atoms with Gasteiger partial charge in [0, 0.05) is 13.1 Å². The Morgan fingerprint density at radius 2 is 2.00 bits per heavy atom. The standard InChI is InChI=1S/C10H23N3O/c1-8(2)10(3,9(11)14)12-6-7-13(4)5/h8,12H,6-7H2,1-5H3,(H2,11,14). The van der Waals surface area contributed by atoms with Gasteiger partial charge in [-0.3, -0.25) is 4.79 Å². The molecule has 0 aromatic carbocycles. The Balaban J connectivity index is 4.18. The smallest absolute Gasteiger partial charge is 0.237 e. The van der Waals surface area contributed by atoms with Gasteiger partial charge in [-0.15, -0.1) is 0 Å². The van der Waals surface area contributed by atoms with E-state index in [9.17, 15) is 4.79 Å². The molecule has 0 aliphatic heterocycles. The Morgan fingerprint density at radius 3 is 2.29 bits per heavy atom. The van der Waals surface area contributed by atoms with Gasteiger partial charge in [-0.05, 0) is 26.9 Å². The van der Waals surface area contributed by atoms with Crippen molar-refractivity contribution in [2.45, 2.75) is 26.3 Å². The molecule has 84 valence electrons. The Kier molecular flexibility index (Phi) is 5.08. The second-order valence-electron chi connectivity index (χ2n) is 4.45. The first-order valence-electron chi connectivity index (χ1n) is 5.00. The van der Waals surface area contributed by atoms with Gasteiger partial charge in [0.15, 0.2) is 0 Å². The summed E-state index contributed by atoms with van der Waals surface area (Å²) in [5, 5.41) is 3.21. The lowest BCUT2D eigenvalue weighted by Crippen LogP contribution is -2.57. The summed E-state index contributed by atoms with van der Waals surface area (Å²) in [5.74, 6) is -0.0894. The van der Waals surface area contributed by atoms with Crippen LogP contribution in [0.4, 0.5) is 0 Å². The summed E-state index contributed by atoms with van der Waals surface area (Å²) < 4.78 is 0. The van der Waals surface area contributed by atoms with Gasteiger partial charge in [-0.1, -0.05) is 13.8 Å². The molecule has 0 aromatic rings. The second-order valence-corrected chi connectivity index (χ2v) is 4.45. The van der Waals surface area contributed by atoms with Crippen LogP contribution in [0.2, 0.25) is 0 Å². The van der Waals surface area contributed by atoms with E-state index in [0.29, 0.717) is 0 Å². The van der Waals surface area contributed by atoms with E-state index in [1.807, 2.05) is 34.9 Å². The Morgan fingerprint density at radius 1 is 1.50 bits per heavy atom. The Labute approximate surface area is 86.8 Å². The zero-order valence-corrected chi connectivity index (χ0v) is 9.92. The molecule has 0 saturated carbocycles. The topological polar surface area (TPSA) is 58.4 Å². The average molecular weight is 201 g/mol. The van der Waals surface area contributed by atoms with Crippen LogP contribution in [0.15, 0.2) is 0 Å². The van der Waals surface area contributed by atoms with Crippen LogP contribution in [-0.2, 0) is 4.79 Å². The maximum atomic E-state index is 11.3. The molecular formula is C10H23N3O. The lowest BCUT2D eigenvalue weighted by molar-refractivity contribution is -0.125. The van der Waals surface area contributed by atoms with Crippen LogP contribution in [0.25, 0.3) is 0 Å². The first-order chi connectivity index (χ1) is 6.30. The lowest BCUT2D eigenvalue weighted by Gasteiger charge is -2.32. The number of rotatable bonds is 6. The highest BCUT2D eigenvalue weighted by Crippen LogP contribution is 2.15. The molecule has 0 rings (SSSR count). The minimum atomic E-state index is -0.601. The number of likely N-dealkylation sites (N-methyl/N-ethyl adjacent to an activating group) is 1. The summed E-state index contributed by atoms with van der Waals surface area (Å²) in [4.78, 5) is 13.3. The molecule has 0 aliphatic rings. The third kappa shape index (κ3) is 3.64. The van der Waals surface area contributed by atoms with Gasteiger partial charge in [0.2, 0.25) is 5.91 Å². The number of amides is 1. The van der Waals surface area contributed by atoms with Crippen molar-refractivity contribution >= 4 is 5.91 Å². The Hall–Kier alpha value is -0.610. The predicted octanol–water partition coefficient (Wildman–Crippen LogP) is 0.0376. The highest BCUT2D eigenvalue weighted by atomic mass is 16.1. The third-order valence-corrected chi connectivity index (χ3v) is 2.72. The maximum Gasteiger partial charge on any atom is 0.237 e. The fraction of sp³-hybridized carbons (Fsp3) is 0.900. The number of carbonyl (C=O) groups is 1. The predicted molar refractivity (Wildman–Crippen MR) is 59.0 cm³/mol. The van der Waals surface area contributed by atoms with Crippen molar-refractivity contribution in [2.24, 2.45) is 11.7 Å². The average Bonchev–Trinajstić information content (AvgIpc) is 2.02. The number of carbonyl (C=O) groups excluding carboxylic acids is 1. The van der Waals surface area contributed by atoms with Gasteiger partial charge in [0.25, 0.3) is 0 Å². The van der Waals surface area contributed by atoms with Crippen molar-refractivity contribution in [1.29, 1.82) is 0 Å². The van der Waals surface area contributed by atoms with Gasteiger partial charge in [0.1, 0.15) is 0 Å². The number of nitrogens with two attached hydrogens (primary N) is 1. The zero-order chi connectivity index (χ0) is 11.4. The van der Waals surface area contributed by atoms with Crippen molar-refractivity contribution in [3.63, 3.8) is 0 Å². The largest absolute Gasteiger partial charge is 0.368 e. The van der Waals surface area contributed by atoms with Crippen LogP contribution in [0.3, 0.4) is 0 Å². The van der Waals surface area contributed by atoms with E-state index in [2.05, 4.69) is 10.2 Å². The van der Waals surface area contributed by atoms with Crippen LogP contribution in [0.5, 0.6) is 0 Å². The van der Waals surface area contributed by atoms with E-state index in [1.54, 1.807) is 0 Å². The molecule has 0 spiro atoms. The monoisotopic (exact) mass is 201 g/mol. The van der Waals surface area contributed by atoms with Gasteiger partial charge in [0.05, 0.1) is 5.54 Å². The molecule has 0 fully saturated rings. The van der Waals surface area contributed by atoms with E-state index in [4.69, 9.17) is 5.73 Å². The van der Waals surface area contributed by atoms with Crippen LogP contribution in [0.1, 0.15) is 20.8 Å². The summed E-state index contributed by atoms with van der Waals surface area (Å²) >= 11 is 0. The van der Waals surface area contributed by atoms with E-state index in [-0.39, 0.29) is 11.8 Å². The number of hydrogen-bond donors (Lipinski definition) is 2. The van der Waals surface area contributed by atoms with E-state index >= 15 is 0 Å². The minimum absolute atomic E-state index is 0.196. The second kappa shape index (κ2) is 5.32. The molecular weight excluding hydrogens is 178 g/mol. The van der Waals surface area contributed by atoms with Crippen molar-refractivity contribution in [2.75, 3.05) is 27.2 Å². The molecule has 0 aliphatic carbocycles. The molecule has 0 aromatic heterocycles. The Bertz CT molecular complexity index is 192. The van der Waals surface area contributed by atoms with Crippen LogP contribution >= 0.6 is 0 Å². The van der Waals surface area contributed by atoms with Crippen molar-refractivity contribution in [3.05, 3.63) is 0 Å². The number of primary amides is 1. The molecule has 14 heavy (non-hydrogen) atoms. The molecule has 3 N–H and O–H groups in total. The first-order valence-corrected chi connectivity index (χ1v) is 5.00. The summed E-state index contributed by atoms with van der Waals surface area (Å²) in [6, 6.07) is 0. The third-order valence-electron chi connectivity index (χ3n) is 2.72. The summed E-state index contributed by atoms with van der Waals surface area (Å²) in [6.07, 6.45) is 0. The quantitative estimate of drug-likeness (QED) is 0.638. The SMILES string of the molecule is CC(C)C(C)(NCCN(C)C)C(N)=O. The zero-order valence-electron chi connectivity index (χ0n) is 9.92. The van der Waals surface area contributed by atoms with E-state index < -0.39 is 5.54 Å². The number of nitrogens with zero attached hydrogens (tertiary/aromatic N) is 1. The molecule has 1 unspecified atom stereocenters. The highest BCUT2D eigenvalue weighted by Gasteiger charge is 2.33. The molecule has 0 saturated heterocycles. The number of nitrogens with one attached hydrogen (secondary N) is 1. The van der Waals surface area contributed by atoms with Crippen molar-refractivity contribution in [3.8, 4) is 0 Å². The van der Waals surface area contributed by atoms with Crippen molar-refractivity contribution in [1.82, 2.24) is 10.2 Å². The van der Waals surface area contributed by atoms with Crippen LogP contribution in [0, 0.1) is 5.92 Å². The summed E-state index contributed by atoms with van der Waals surface area (Å²) in [7, 11) is 4.00. The molecule has 1 amide bonds. The molecule has 0 radical (unpaired) electrons. The van der Waals surface area contributed by atoms with E-state index in [0.717, 1.165) is 13.1 Å². The molecule has 0 heterocycles. The minimum Gasteiger partial charge on any atom is -0.368 e. The van der Waals surface area contributed by atoms with Gasteiger partial charge < -0.3 is 16.0 Å². The molecule has 1 atom stereocenters. The van der Waals surface area contributed by atoms with Gasteiger partial charge in [-0.2, -0.15) is 0 Å². The number of hydrogen-bond acceptors (Lipinski definition) is 3. The lowest BCUT2D eigenvalue weighted by atomic mass is 9.88. The maximum absolute atomic E-state index is 11.3. The summed E-state index contributed by atoms with van der Waals surface area (Å²) in [6.45, 7) is 7.51. The fourth-order valence-electron chi connectivity index (χ4n) is 1.11. The van der Waals surface area contributed by atoms with Gasteiger partial charge >= 0.3 is 0 Å². The van der Waals surface area contributed by atoms with E-state index in [1.165, 1.54) is 0 Å². The van der Waals surface area contributed by atoms with Crippen molar-refractivity contribution < 1.29 is 4.79 Å². The highest BCUT2D eigenvalue weighted by molar-refractivity contribution is 5.84. The van der Waals surface area contributed by atoms with Crippen LogP contribution < -0.4 is 11.1 Å². The molecule has 0 bridgehead atoms. The fourth-order valence-corrected chi connectivity index (χ4v) is 1.11. The van der Waals surface area contributed by atoms with Gasteiger partial charge in [-0.25, -0.2) is 0 Å². The van der Waals surface area contributed by atoms with Crippen LogP contribution in [-0.4, -0.2) is 43.5 Å². The molecule has 4 nitrogen and oxygen atoms in total. The molecule has 4 heteroatoms. The first kappa shape index (κ1) is 13.4. The normalized spacial score (nSPS) is 15.9. The summed E-state index contributed by atoms with van der Waals surface area (Å²) in [5.41, 5.74) is 4.77.